The van der Waals surface area contributed by atoms with Crippen molar-refractivity contribution in [2.24, 2.45) is 0 Å². The van der Waals surface area contributed by atoms with E-state index in [0.717, 1.165) is 46.4 Å². The second-order valence-corrected chi connectivity index (χ2v) is 10.00. The molecular weight excluding hydrogens is 484 g/mol. The fraction of sp³-hybridized carbons (Fsp3) is 0.152. The van der Waals surface area contributed by atoms with Crippen LogP contribution in [0.5, 0.6) is 0 Å². The van der Waals surface area contributed by atoms with E-state index in [4.69, 9.17) is 0 Å². The van der Waals surface area contributed by atoms with E-state index in [9.17, 15) is 9.59 Å². The lowest BCUT2D eigenvalue weighted by Crippen LogP contribution is -2.33. The number of hydrogen-bond acceptors (Lipinski definition) is 3. The van der Waals surface area contributed by atoms with E-state index in [2.05, 4.69) is 58.5 Å². The monoisotopic (exact) mass is 514 g/mol. The molecular formula is C33H30N4O2. The van der Waals surface area contributed by atoms with Gasteiger partial charge in [0.15, 0.2) is 0 Å². The lowest BCUT2D eigenvalue weighted by Gasteiger charge is -2.31. The maximum Gasteiger partial charge on any atom is 0.258 e. The van der Waals surface area contributed by atoms with Crippen LogP contribution in [0.1, 0.15) is 29.3 Å². The molecule has 0 aliphatic carbocycles. The van der Waals surface area contributed by atoms with Crippen molar-refractivity contribution >= 4 is 40.3 Å². The summed E-state index contributed by atoms with van der Waals surface area (Å²) in [6.45, 7) is 3.59. The minimum absolute atomic E-state index is 0.0854. The van der Waals surface area contributed by atoms with E-state index < -0.39 is 0 Å². The van der Waals surface area contributed by atoms with Gasteiger partial charge in [-0.3, -0.25) is 9.59 Å². The van der Waals surface area contributed by atoms with Crippen LogP contribution >= 0.6 is 0 Å². The third-order valence-electron chi connectivity index (χ3n) is 7.57. The summed E-state index contributed by atoms with van der Waals surface area (Å²) < 4.78 is 0. The highest BCUT2D eigenvalue weighted by Crippen LogP contribution is 2.37. The molecule has 2 amide bonds. The molecule has 6 rings (SSSR count). The number of anilines is 3. The number of H-pyrrole nitrogens is 1. The van der Waals surface area contributed by atoms with Gasteiger partial charge in [0.25, 0.3) is 5.91 Å². The van der Waals surface area contributed by atoms with Crippen molar-refractivity contribution in [1.29, 1.82) is 0 Å². The Balaban J connectivity index is 1.35. The van der Waals surface area contributed by atoms with Crippen molar-refractivity contribution in [1.82, 2.24) is 4.98 Å². The van der Waals surface area contributed by atoms with Crippen molar-refractivity contribution < 1.29 is 9.59 Å². The number of nitrogens with zero attached hydrogens (tertiary/aromatic N) is 2. The van der Waals surface area contributed by atoms with Gasteiger partial charge in [-0.05, 0) is 72.3 Å². The van der Waals surface area contributed by atoms with Crippen molar-refractivity contribution in [3.05, 3.63) is 114 Å². The van der Waals surface area contributed by atoms with Gasteiger partial charge in [0.2, 0.25) is 6.41 Å². The van der Waals surface area contributed by atoms with Crippen LogP contribution in [0.2, 0.25) is 0 Å². The van der Waals surface area contributed by atoms with Crippen LogP contribution < -0.4 is 15.1 Å². The Morgan fingerprint density at radius 3 is 2.56 bits per heavy atom. The van der Waals surface area contributed by atoms with Gasteiger partial charge in [-0.1, -0.05) is 54.6 Å². The Hall–Kier alpha value is -4.84. The van der Waals surface area contributed by atoms with Crippen LogP contribution in [0.15, 0.2) is 103 Å². The molecule has 6 heteroatoms. The number of fused-ring (bicyclic) bond motifs is 2. The van der Waals surface area contributed by atoms with Gasteiger partial charge in [-0.15, -0.1) is 0 Å². The number of benzene rings is 4. The van der Waals surface area contributed by atoms with Crippen molar-refractivity contribution in [3.63, 3.8) is 0 Å². The number of aromatic nitrogens is 1. The van der Waals surface area contributed by atoms with Gasteiger partial charge in [-0.2, -0.15) is 0 Å². The molecule has 0 spiro atoms. The van der Waals surface area contributed by atoms with Gasteiger partial charge >= 0.3 is 0 Å². The first-order chi connectivity index (χ1) is 19.1. The number of amides is 2. The largest absolute Gasteiger partial charge is 0.363 e. The fourth-order valence-corrected chi connectivity index (χ4v) is 5.49. The van der Waals surface area contributed by atoms with Gasteiger partial charge in [0.1, 0.15) is 0 Å². The number of para-hydroxylation sites is 2. The Labute approximate surface area is 227 Å². The number of hydrogen-bond donors (Lipinski definition) is 2. The quantitative estimate of drug-likeness (QED) is 0.244. The van der Waals surface area contributed by atoms with Crippen LogP contribution in [0.4, 0.5) is 17.1 Å². The summed E-state index contributed by atoms with van der Waals surface area (Å²) in [6, 6.07) is 32.5. The maximum absolute atomic E-state index is 14.0. The smallest absolute Gasteiger partial charge is 0.258 e. The van der Waals surface area contributed by atoms with Crippen LogP contribution in [-0.2, 0) is 11.3 Å². The molecule has 0 saturated heterocycles. The number of nitrogens with one attached hydrogen (secondary N) is 2. The van der Waals surface area contributed by atoms with Crippen molar-refractivity contribution in [2.75, 3.05) is 21.7 Å². The molecule has 2 heterocycles. The highest BCUT2D eigenvalue weighted by Gasteiger charge is 2.29. The number of carbonyl (C=O) groups is 2. The molecule has 4 aromatic carbocycles. The van der Waals surface area contributed by atoms with E-state index in [1.165, 1.54) is 5.56 Å². The third kappa shape index (κ3) is 4.77. The summed E-state index contributed by atoms with van der Waals surface area (Å²) in [5.41, 5.74) is 7.19. The predicted molar refractivity (Wildman–Crippen MR) is 158 cm³/mol. The summed E-state index contributed by atoms with van der Waals surface area (Å²) in [6.07, 6.45) is 3.40. The standard InChI is InChI=1S/C33H30N4O2/c1-23-16-18-36(31-9-5-6-10-32(31)37(23)21-24-7-3-2-4-8-24)33(39)27-11-13-28(30(20-27)35-22-38)25-12-14-29-26(19-25)15-17-34-29/h2-15,17,19-20,22-23,34H,16,18,21H2,1H3,(H,35,38). The molecule has 0 fully saturated rings. The first kappa shape index (κ1) is 24.5. The van der Waals surface area contributed by atoms with Gasteiger partial charge in [0, 0.05) is 47.7 Å². The zero-order valence-electron chi connectivity index (χ0n) is 21.8. The molecule has 0 radical (unpaired) electrons. The molecule has 2 N–H and O–H groups in total. The van der Waals surface area contributed by atoms with Crippen molar-refractivity contribution in [3.8, 4) is 11.1 Å². The number of carbonyl (C=O) groups excluding carboxylic acids is 2. The molecule has 1 aliphatic rings. The summed E-state index contributed by atoms with van der Waals surface area (Å²) in [7, 11) is 0. The molecule has 1 aliphatic heterocycles. The molecule has 0 bridgehead atoms. The second kappa shape index (κ2) is 10.5. The summed E-state index contributed by atoms with van der Waals surface area (Å²) >= 11 is 0. The van der Waals surface area contributed by atoms with Gasteiger partial charge in [-0.25, -0.2) is 0 Å². The highest BCUT2D eigenvalue weighted by atomic mass is 16.2. The minimum Gasteiger partial charge on any atom is -0.363 e. The number of rotatable bonds is 6. The van der Waals surface area contributed by atoms with Crippen molar-refractivity contribution in [2.45, 2.75) is 25.9 Å². The number of aromatic amines is 1. The van der Waals surface area contributed by atoms with E-state index >= 15 is 0 Å². The summed E-state index contributed by atoms with van der Waals surface area (Å²) in [5, 5.41) is 3.90. The van der Waals surface area contributed by atoms with Crippen LogP contribution in [0.25, 0.3) is 22.0 Å². The van der Waals surface area contributed by atoms with Crippen LogP contribution in [-0.4, -0.2) is 29.9 Å². The third-order valence-corrected chi connectivity index (χ3v) is 7.57. The topological polar surface area (TPSA) is 68.4 Å². The zero-order chi connectivity index (χ0) is 26.8. The Kier molecular flexibility index (Phi) is 6.59. The van der Waals surface area contributed by atoms with E-state index in [0.29, 0.717) is 24.2 Å². The van der Waals surface area contributed by atoms with E-state index in [1.54, 1.807) is 6.07 Å². The SMILES string of the molecule is CC1CCN(C(=O)c2ccc(-c3ccc4[nH]ccc4c3)c(NC=O)c2)c2ccccc2N1Cc1ccccc1. The second-order valence-electron chi connectivity index (χ2n) is 10.00. The van der Waals surface area contributed by atoms with Crippen LogP contribution in [0.3, 0.4) is 0 Å². The molecule has 0 saturated carbocycles. The first-order valence-corrected chi connectivity index (χ1v) is 13.3. The summed E-state index contributed by atoms with van der Waals surface area (Å²) in [4.78, 5) is 33.0. The average Bonchev–Trinajstić information content (AvgIpc) is 3.40. The lowest BCUT2D eigenvalue weighted by atomic mass is 9.99. The lowest BCUT2D eigenvalue weighted by molar-refractivity contribution is -0.105. The van der Waals surface area contributed by atoms with Crippen LogP contribution in [0, 0.1) is 0 Å². The highest BCUT2D eigenvalue weighted by molar-refractivity contribution is 6.09. The van der Waals surface area contributed by atoms with Gasteiger partial charge in [0.05, 0.1) is 11.4 Å². The molecule has 39 heavy (non-hydrogen) atoms. The zero-order valence-corrected chi connectivity index (χ0v) is 21.8. The minimum atomic E-state index is -0.0854. The van der Waals surface area contributed by atoms with Gasteiger partial charge < -0.3 is 20.1 Å². The fourth-order valence-electron chi connectivity index (χ4n) is 5.49. The normalized spacial score (nSPS) is 15.1. The Bertz CT molecular complexity index is 1640. The molecule has 1 unspecified atom stereocenters. The average molecular weight is 515 g/mol. The summed E-state index contributed by atoms with van der Waals surface area (Å²) in [5.74, 6) is -0.0854. The Morgan fingerprint density at radius 1 is 0.949 bits per heavy atom. The molecule has 1 atom stereocenters. The molecule has 6 nitrogen and oxygen atoms in total. The Morgan fingerprint density at radius 2 is 1.74 bits per heavy atom. The molecule has 5 aromatic rings. The van der Waals surface area contributed by atoms with E-state index in [1.807, 2.05) is 65.7 Å². The first-order valence-electron chi connectivity index (χ1n) is 13.3. The predicted octanol–water partition coefficient (Wildman–Crippen LogP) is 6.85. The maximum atomic E-state index is 14.0. The molecule has 1 aromatic heterocycles. The van der Waals surface area contributed by atoms with E-state index in [-0.39, 0.29) is 11.9 Å². The molecule has 194 valence electrons.